The fourth-order valence-corrected chi connectivity index (χ4v) is 4.04. The van der Waals surface area contributed by atoms with Gasteiger partial charge in [0.1, 0.15) is 17.0 Å². The second-order valence-corrected chi connectivity index (χ2v) is 7.20. The van der Waals surface area contributed by atoms with Crippen LogP contribution in [0.5, 0.6) is 0 Å². The number of amides is 1. The van der Waals surface area contributed by atoms with E-state index in [0.29, 0.717) is 6.54 Å². The minimum atomic E-state index is 0.0831. The predicted octanol–water partition coefficient (Wildman–Crippen LogP) is 3.22. The van der Waals surface area contributed by atoms with Crippen LogP contribution in [0.1, 0.15) is 18.4 Å². The van der Waals surface area contributed by atoms with Gasteiger partial charge in [0, 0.05) is 25.6 Å². The second-order valence-electron chi connectivity index (χ2n) is 6.30. The molecule has 128 valence electrons. The summed E-state index contributed by atoms with van der Waals surface area (Å²) in [6.07, 6.45) is 3.35. The summed E-state index contributed by atoms with van der Waals surface area (Å²) >= 11 is 1.63. The Hall–Kier alpha value is -2.47. The van der Waals surface area contributed by atoms with Crippen LogP contribution in [-0.4, -0.2) is 29.0 Å². The average molecular weight is 352 g/mol. The fraction of sp³-hybridized carbons (Fsp3) is 0.316. The molecule has 1 fully saturated rings. The number of nitrogens with zero attached hydrogens (tertiary/aromatic N) is 3. The first-order valence-corrected chi connectivity index (χ1v) is 9.44. The van der Waals surface area contributed by atoms with Crippen LogP contribution in [0.15, 0.2) is 48.1 Å². The lowest BCUT2D eigenvalue weighted by atomic mass is 9.95. The van der Waals surface area contributed by atoms with Crippen LogP contribution in [0.2, 0.25) is 0 Å². The number of hydrogen-bond acceptors (Lipinski definition) is 5. The smallest absolute Gasteiger partial charge is 0.223 e. The number of nitrogens with one attached hydrogen (secondary N) is 1. The highest BCUT2D eigenvalue weighted by Gasteiger charge is 2.26. The number of aromatic nitrogens is 2. The van der Waals surface area contributed by atoms with Gasteiger partial charge in [0.2, 0.25) is 5.91 Å². The maximum Gasteiger partial charge on any atom is 0.223 e. The Labute approximate surface area is 150 Å². The number of rotatable bonds is 4. The number of thiophene rings is 1. The topological polar surface area (TPSA) is 58.1 Å². The molecule has 1 aromatic carbocycles. The molecule has 1 aliphatic rings. The maximum absolute atomic E-state index is 12.4. The highest BCUT2D eigenvalue weighted by atomic mass is 32.1. The minimum absolute atomic E-state index is 0.0831. The van der Waals surface area contributed by atoms with Crippen LogP contribution in [0.3, 0.4) is 0 Å². The second kappa shape index (κ2) is 7.19. The zero-order valence-electron chi connectivity index (χ0n) is 13.9. The Kier molecular flexibility index (Phi) is 4.61. The third kappa shape index (κ3) is 3.49. The lowest BCUT2D eigenvalue weighted by Crippen LogP contribution is -2.40. The molecule has 0 spiro atoms. The summed E-state index contributed by atoms with van der Waals surface area (Å²) < 4.78 is 0. The van der Waals surface area contributed by atoms with E-state index in [2.05, 4.69) is 26.3 Å². The summed E-state index contributed by atoms with van der Waals surface area (Å²) in [5.74, 6) is 1.24. The monoisotopic (exact) mass is 352 g/mol. The van der Waals surface area contributed by atoms with Gasteiger partial charge in [-0.05, 0) is 29.9 Å². The van der Waals surface area contributed by atoms with Crippen LogP contribution >= 0.6 is 11.3 Å². The van der Waals surface area contributed by atoms with Crippen molar-refractivity contribution in [3.8, 4) is 0 Å². The van der Waals surface area contributed by atoms with Crippen LogP contribution < -0.4 is 10.2 Å². The lowest BCUT2D eigenvalue weighted by molar-refractivity contribution is -0.125. The van der Waals surface area contributed by atoms with Crippen molar-refractivity contribution in [2.45, 2.75) is 19.4 Å². The summed E-state index contributed by atoms with van der Waals surface area (Å²) in [4.78, 5) is 24.5. The Morgan fingerprint density at radius 1 is 1.16 bits per heavy atom. The van der Waals surface area contributed by atoms with Gasteiger partial charge >= 0.3 is 0 Å². The summed E-state index contributed by atoms with van der Waals surface area (Å²) in [5, 5.41) is 6.23. The molecule has 25 heavy (non-hydrogen) atoms. The van der Waals surface area contributed by atoms with Gasteiger partial charge in [0.05, 0.1) is 5.39 Å². The SMILES string of the molecule is O=C(NCc1ccccc1)C1CCN(c2ncnc3sccc23)CC1. The third-order valence-electron chi connectivity index (χ3n) is 4.72. The first-order chi connectivity index (χ1) is 12.3. The van der Waals surface area contributed by atoms with Gasteiger partial charge in [-0.15, -0.1) is 11.3 Å². The van der Waals surface area contributed by atoms with Crippen molar-refractivity contribution in [3.63, 3.8) is 0 Å². The van der Waals surface area contributed by atoms with E-state index in [1.807, 2.05) is 35.7 Å². The molecule has 3 aromatic rings. The van der Waals surface area contributed by atoms with E-state index in [1.54, 1.807) is 17.7 Å². The molecule has 4 rings (SSSR count). The van der Waals surface area contributed by atoms with Crippen LogP contribution in [0.4, 0.5) is 5.82 Å². The summed E-state index contributed by atoms with van der Waals surface area (Å²) in [5.41, 5.74) is 1.13. The van der Waals surface area contributed by atoms with Gasteiger partial charge in [0.15, 0.2) is 0 Å². The van der Waals surface area contributed by atoms with Gasteiger partial charge in [0.25, 0.3) is 0 Å². The van der Waals surface area contributed by atoms with Crippen molar-refractivity contribution in [3.05, 3.63) is 53.7 Å². The zero-order valence-corrected chi connectivity index (χ0v) is 14.7. The van der Waals surface area contributed by atoms with E-state index in [4.69, 9.17) is 0 Å². The number of carbonyl (C=O) groups is 1. The van der Waals surface area contributed by atoms with E-state index in [0.717, 1.165) is 47.5 Å². The molecule has 2 aromatic heterocycles. The van der Waals surface area contributed by atoms with Crippen molar-refractivity contribution in [1.82, 2.24) is 15.3 Å². The van der Waals surface area contributed by atoms with E-state index < -0.39 is 0 Å². The number of carbonyl (C=O) groups excluding carboxylic acids is 1. The number of fused-ring (bicyclic) bond motifs is 1. The van der Waals surface area contributed by atoms with Crippen molar-refractivity contribution in [1.29, 1.82) is 0 Å². The molecule has 0 saturated carbocycles. The van der Waals surface area contributed by atoms with E-state index >= 15 is 0 Å². The predicted molar refractivity (Wildman–Crippen MR) is 101 cm³/mol. The summed E-state index contributed by atoms with van der Waals surface area (Å²) in [6.45, 7) is 2.30. The molecule has 6 heteroatoms. The van der Waals surface area contributed by atoms with Crippen molar-refractivity contribution in [2.24, 2.45) is 5.92 Å². The van der Waals surface area contributed by atoms with Gasteiger partial charge in [-0.3, -0.25) is 4.79 Å². The molecule has 0 aliphatic carbocycles. The molecule has 0 radical (unpaired) electrons. The fourth-order valence-electron chi connectivity index (χ4n) is 3.31. The minimum Gasteiger partial charge on any atom is -0.356 e. The molecule has 1 saturated heterocycles. The Morgan fingerprint density at radius 3 is 2.76 bits per heavy atom. The number of benzene rings is 1. The largest absolute Gasteiger partial charge is 0.356 e. The first-order valence-electron chi connectivity index (χ1n) is 8.56. The van der Waals surface area contributed by atoms with Crippen molar-refractivity contribution >= 4 is 33.3 Å². The number of anilines is 1. The molecule has 1 N–H and O–H groups in total. The molecule has 3 heterocycles. The summed E-state index contributed by atoms with van der Waals surface area (Å²) in [7, 11) is 0. The van der Waals surface area contributed by atoms with Gasteiger partial charge in [-0.2, -0.15) is 0 Å². The Morgan fingerprint density at radius 2 is 1.96 bits per heavy atom. The average Bonchev–Trinajstić information content (AvgIpc) is 3.16. The molecule has 1 aliphatic heterocycles. The van der Waals surface area contributed by atoms with E-state index in [1.165, 1.54) is 0 Å². The van der Waals surface area contributed by atoms with E-state index in [-0.39, 0.29) is 11.8 Å². The highest BCUT2D eigenvalue weighted by molar-refractivity contribution is 7.16. The zero-order chi connectivity index (χ0) is 17.1. The number of piperidine rings is 1. The Balaban J connectivity index is 1.35. The Bertz CT molecular complexity index is 856. The van der Waals surface area contributed by atoms with Gasteiger partial charge in [-0.25, -0.2) is 9.97 Å². The van der Waals surface area contributed by atoms with Crippen molar-refractivity contribution in [2.75, 3.05) is 18.0 Å². The molecular weight excluding hydrogens is 332 g/mol. The highest BCUT2D eigenvalue weighted by Crippen LogP contribution is 2.29. The van der Waals surface area contributed by atoms with Crippen molar-refractivity contribution < 1.29 is 4.79 Å². The standard InChI is InChI=1S/C19H20N4OS/c24-18(20-12-14-4-2-1-3-5-14)15-6-9-23(10-7-15)17-16-8-11-25-19(16)22-13-21-17/h1-5,8,11,13,15H,6-7,9-10,12H2,(H,20,24). The third-order valence-corrected chi connectivity index (χ3v) is 5.54. The number of hydrogen-bond donors (Lipinski definition) is 1. The van der Waals surface area contributed by atoms with Crippen LogP contribution in [0.25, 0.3) is 10.2 Å². The van der Waals surface area contributed by atoms with Gasteiger partial charge in [-0.1, -0.05) is 30.3 Å². The molecule has 1 amide bonds. The van der Waals surface area contributed by atoms with Crippen LogP contribution in [0, 0.1) is 5.92 Å². The molecule has 5 nitrogen and oxygen atoms in total. The maximum atomic E-state index is 12.4. The molecule has 0 unspecified atom stereocenters. The normalized spacial score (nSPS) is 15.4. The molecular formula is C19H20N4OS. The lowest BCUT2D eigenvalue weighted by Gasteiger charge is -2.32. The summed E-state index contributed by atoms with van der Waals surface area (Å²) in [6, 6.07) is 12.1. The van der Waals surface area contributed by atoms with Crippen LogP contribution in [-0.2, 0) is 11.3 Å². The van der Waals surface area contributed by atoms with E-state index in [9.17, 15) is 4.79 Å². The molecule has 0 atom stereocenters. The quantitative estimate of drug-likeness (QED) is 0.783. The van der Waals surface area contributed by atoms with Gasteiger partial charge < -0.3 is 10.2 Å². The first kappa shape index (κ1) is 16.0. The molecule has 0 bridgehead atoms.